The zero-order valence-electron chi connectivity index (χ0n) is 20.4. The van der Waals surface area contributed by atoms with Gasteiger partial charge in [0.15, 0.2) is 0 Å². The summed E-state index contributed by atoms with van der Waals surface area (Å²) in [5.74, 6) is 0.281. The lowest BCUT2D eigenvalue weighted by atomic mass is 9.88. The molecule has 0 bridgehead atoms. The van der Waals surface area contributed by atoms with Crippen LogP contribution in [0, 0.1) is 17.2 Å². The molecule has 2 amide bonds. The third kappa shape index (κ3) is 6.45. The second-order valence-electron chi connectivity index (χ2n) is 8.93. The van der Waals surface area contributed by atoms with E-state index in [-0.39, 0.29) is 17.1 Å². The average Bonchev–Trinajstić information content (AvgIpc) is 3.22. The number of hydrogen-bond acceptors (Lipinski definition) is 5. The molecule has 1 aliphatic carbocycles. The van der Waals surface area contributed by atoms with E-state index in [2.05, 4.69) is 23.6 Å². The van der Waals surface area contributed by atoms with E-state index in [0.717, 1.165) is 35.3 Å². The normalized spacial score (nSPS) is 15.6. The number of thioether (sulfide) groups is 1. The SMILES string of the molecule is CCC(Sc1cccc(NC(=O)/C=C/c2ccccc2)c1)C(=O)Nc1sc2c(c1C#N)CCC(C)C2. The standard InChI is InChI=1S/C29H29N3O2S2/c1-3-25(28(34)32-29-24(18-30)23-14-12-19(2)16-26(23)36-29)35-22-11-7-10-21(17-22)31-27(33)15-13-20-8-5-4-6-9-20/h4-11,13,15,17,19,25H,3,12,14,16H2,1-2H3,(H,31,33)(H,32,34)/b15-13+. The highest BCUT2D eigenvalue weighted by molar-refractivity contribution is 8.00. The predicted molar refractivity (Wildman–Crippen MR) is 149 cm³/mol. The molecule has 2 unspecified atom stereocenters. The number of nitrogens with one attached hydrogen (secondary N) is 2. The molecule has 0 saturated carbocycles. The molecule has 0 saturated heterocycles. The third-order valence-electron chi connectivity index (χ3n) is 6.13. The molecule has 1 heterocycles. The number of anilines is 2. The van der Waals surface area contributed by atoms with Crippen molar-refractivity contribution in [3.63, 3.8) is 0 Å². The molecule has 184 valence electrons. The topological polar surface area (TPSA) is 82.0 Å². The molecule has 2 atom stereocenters. The fourth-order valence-electron chi connectivity index (χ4n) is 4.20. The van der Waals surface area contributed by atoms with Crippen LogP contribution in [0.2, 0.25) is 0 Å². The molecule has 5 nitrogen and oxygen atoms in total. The lowest BCUT2D eigenvalue weighted by Crippen LogP contribution is -2.24. The first-order chi connectivity index (χ1) is 17.5. The van der Waals surface area contributed by atoms with E-state index in [9.17, 15) is 14.9 Å². The first kappa shape index (κ1) is 25.7. The van der Waals surface area contributed by atoms with E-state index in [1.54, 1.807) is 17.4 Å². The van der Waals surface area contributed by atoms with Crippen LogP contribution in [0.5, 0.6) is 0 Å². The Labute approximate surface area is 220 Å². The van der Waals surface area contributed by atoms with Crippen LogP contribution >= 0.6 is 23.1 Å². The number of benzene rings is 2. The van der Waals surface area contributed by atoms with Gasteiger partial charge in [0.1, 0.15) is 11.1 Å². The van der Waals surface area contributed by atoms with Crippen LogP contribution in [-0.2, 0) is 22.4 Å². The fraction of sp³-hybridized carbons (Fsp3) is 0.276. The molecule has 0 fully saturated rings. The van der Waals surface area contributed by atoms with Crippen LogP contribution in [0.1, 0.15) is 48.3 Å². The van der Waals surface area contributed by atoms with Crippen molar-refractivity contribution < 1.29 is 9.59 Å². The Kier molecular flexibility index (Phi) is 8.63. The molecule has 36 heavy (non-hydrogen) atoms. The summed E-state index contributed by atoms with van der Waals surface area (Å²) in [6.45, 7) is 4.20. The number of fused-ring (bicyclic) bond motifs is 1. The highest BCUT2D eigenvalue weighted by atomic mass is 32.2. The molecular weight excluding hydrogens is 486 g/mol. The highest BCUT2D eigenvalue weighted by Crippen LogP contribution is 2.39. The van der Waals surface area contributed by atoms with Crippen molar-refractivity contribution in [3.05, 3.63) is 82.2 Å². The quantitative estimate of drug-likeness (QED) is 0.252. The Morgan fingerprint density at radius 1 is 1.19 bits per heavy atom. The molecule has 0 aliphatic heterocycles. The number of amides is 2. The van der Waals surface area contributed by atoms with Gasteiger partial charge in [0.2, 0.25) is 11.8 Å². The zero-order valence-corrected chi connectivity index (χ0v) is 22.0. The summed E-state index contributed by atoms with van der Waals surface area (Å²) in [7, 11) is 0. The average molecular weight is 516 g/mol. The maximum Gasteiger partial charge on any atom is 0.248 e. The number of nitriles is 1. The zero-order chi connectivity index (χ0) is 25.5. The highest BCUT2D eigenvalue weighted by Gasteiger charge is 2.26. The summed E-state index contributed by atoms with van der Waals surface area (Å²) in [6.07, 6.45) is 6.85. The molecule has 1 aromatic heterocycles. The minimum absolute atomic E-state index is 0.106. The van der Waals surface area contributed by atoms with Gasteiger partial charge in [-0.15, -0.1) is 23.1 Å². The molecule has 2 aromatic carbocycles. The molecule has 2 N–H and O–H groups in total. The van der Waals surface area contributed by atoms with Gasteiger partial charge >= 0.3 is 0 Å². The van der Waals surface area contributed by atoms with Crippen LogP contribution in [0.3, 0.4) is 0 Å². The van der Waals surface area contributed by atoms with E-state index in [1.165, 1.54) is 22.7 Å². The van der Waals surface area contributed by atoms with Crippen LogP contribution in [0.4, 0.5) is 10.7 Å². The second-order valence-corrected chi connectivity index (χ2v) is 11.3. The Bertz CT molecular complexity index is 1310. The summed E-state index contributed by atoms with van der Waals surface area (Å²) in [5.41, 5.74) is 3.36. The van der Waals surface area contributed by atoms with Gasteiger partial charge in [0.05, 0.1) is 10.8 Å². The third-order valence-corrected chi connectivity index (χ3v) is 8.66. The predicted octanol–water partition coefficient (Wildman–Crippen LogP) is 6.91. The molecular formula is C29H29N3O2S2. The minimum Gasteiger partial charge on any atom is -0.322 e. The van der Waals surface area contributed by atoms with Crippen LogP contribution in [-0.4, -0.2) is 17.1 Å². The minimum atomic E-state index is -0.321. The maximum absolute atomic E-state index is 13.2. The van der Waals surface area contributed by atoms with E-state index in [4.69, 9.17) is 0 Å². The van der Waals surface area contributed by atoms with Crippen molar-refractivity contribution in [3.8, 4) is 6.07 Å². The van der Waals surface area contributed by atoms with Gasteiger partial charge in [-0.3, -0.25) is 9.59 Å². The number of carbonyl (C=O) groups is 2. The molecule has 0 radical (unpaired) electrons. The molecule has 4 rings (SSSR count). The summed E-state index contributed by atoms with van der Waals surface area (Å²) >= 11 is 3.00. The first-order valence-electron chi connectivity index (χ1n) is 12.1. The van der Waals surface area contributed by atoms with E-state index in [0.29, 0.717) is 28.6 Å². The Hall–Kier alpha value is -3.34. The summed E-state index contributed by atoms with van der Waals surface area (Å²) in [4.78, 5) is 27.6. The van der Waals surface area contributed by atoms with Crippen LogP contribution < -0.4 is 10.6 Å². The van der Waals surface area contributed by atoms with Crippen molar-refractivity contribution in [2.75, 3.05) is 10.6 Å². The summed E-state index contributed by atoms with van der Waals surface area (Å²) < 4.78 is 0. The number of nitrogens with zero attached hydrogens (tertiary/aromatic N) is 1. The Morgan fingerprint density at radius 2 is 2.00 bits per heavy atom. The van der Waals surface area contributed by atoms with Gasteiger partial charge < -0.3 is 10.6 Å². The lowest BCUT2D eigenvalue weighted by molar-refractivity contribution is -0.115. The van der Waals surface area contributed by atoms with Crippen LogP contribution in [0.25, 0.3) is 6.08 Å². The van der Waals surface area contributed by atoms with Crippen molar-refractivity contribution in [2.45, 2.75) is 49.7 Å². The molecule has 7 heteroatoms. The molecule has 1 aliphatic rings. The Balaban J connectivity index is 1.40. The van der Waals surface area contributed by atoms with Crippen molar-refractivity contribution in [1.29, 1.82) is 5.26 Å². The maximum atomic E-state index is 13.2. The fourth-order valence-corrected chi connectivity index (χ4v) is 6.58. The second kappa shape index (κ2) is 12.1. The number of hydrogen-bond donors (Lipinski definition) is 2. The smallest absolute Gasteiger partial charge is 0.248 e. The Morgan fingerprint density at radius 3 is 2.75 bits per heavy atom. The van der Waals surface area contributed by atoms with Crippen LogP contribution in [0.15, 0.2) is 65.6 Å². The molecule has 3 aromatic rings. The number of thiophene rings is 1. The van der Waals surface area contributed by atoms with Gasteiger partial charge in [0, 0.05) is 21.5 Å². The first-order valence-corrected chi connectivity index (χ1v) is 13.8. The number of carbonyl (C=O) groups excluding carboxylic acids is 2. The van der Waals surface area contributed by atoms with Gasteiger partial charge in [-0.05, 0) is 67.0 Å². The van der Waals surface area contributed by atoms with Crippen molar-refractivity contribution in [1.82, 2.24) is 0 Å². The van der Waals surface area contributed by atoms with Gasteiger partial charge in [-0.2, -0.15) is 5.26 Å². The van der Waals surface area contributed by atoms with E-state index in [1.807, 2.05) is 61.5 Å². The van der Waals surface area contributed by atoms with Gasteiger partial charge in [0.25, 0.3) is 0 Å². The number of rotatable bonds is 8. The largest absolute Gasteiger partial charge is 0.322 e. The van der Waals surface area contributed by atoms with Crippen molar-refractivity contribution >= 4 is 51.7 Å². The van der Waals surface area contributed by atoms with Gasteiger partial charge in [-0.1, -0.05) is 50.2 Å². The van der Waals surface area contributed by atoms with Gasteiger partial charge in [-0.25, -0.2) is 0 Å². The van der Waals surface area contributed by atoms with E-state index >= 15 is 0 Å². The summed E-state index contributed by atoms with van der Waals surface area (Å²) in [6, 6.07) is 19.5. The van der Waals surface area contributed by atoms with E-state index < -0.39 is 0 Å². The monoisotopic (exact) mass is 515 g/mol. The molecule has 0 spiro atoms. The lowest BCUT2D eigenvalue weighted by Gasteiger charge is -2.17. The van der Waals surface area contributed by atoms with Crippen molar-refractivity contribution in [2.24, 2.45) is 5.92 Å². The summed E-state index contributed by atoms with van der Waals surface area (Å²) in [5, 5.41) is 16.0.